The van der Waals surface area contributed by atoms with E-state index in [-0.39, 0.29) is 6.10 Å². The Kier molecular flexibility index (Phi) is 7.75. The smallest absolute Gasteiger partial charge is 0.0820 e. The molecular weight excluding hydrogens is 184 g/mol. The third kappa shape index (κ3) is 5.52. The maximum atomic E-state index is 5.55. The van der Waals surface area contributed by atoms with Crippen molar-refractivity contribution in [3.05, 3.63) is 0 Å². The number of methoxy groups -OCH3 is 1. The fraction of sp³-hybridized carbons (Fsp3) is 1.00. The Balaban J connectivity index is 3.75. The van der Waals surface area contributed by atoms with E-state index < -0.39 is 0 Å². The number of rotatable bonds is 7. The Bertz CT molecular complexity index is 120. The summed E-state index contributed by atoms with van der Waals surface area (Å²) < 4.78 is 5.22. The van der Waals surface area contributed by atoms with Crippen molar-refractivity contribution in [1.29, 1.82) is 0 Å². The number of hydrogen-bond acceptors (Lipinski definition) is 4. The van der Waals surface area contributed by atoms with Crippen molar-refractivity contribution < 1.29 is 4.74 Å². The van der Waals surface area contributed by atoms with Crippen molar-refractivity contribution in [2.45, 2.75) is 19.1 Å². The zero-order valence-electron chi connectivity index (χ0n) is 9.12. The van der Waals surface area contributed by atoms with E-state index in [0.29, 0.717) is 12.6 Å². The van der Waals surface area contributed by atoms with Crippen LogP contribution in [0.5, 0.6) is 0 Å². The van der Waals surface area contributed by atoms with Crippen LogP contribution in [0.25, 0.3) is 0 Å². The topological polar surface area (TPSA) is 38.5 Å². The third-order valence-electron chi connectivity index (χ3n) is 2.25. The van der Waals surface area contributed by atoms with Crippen LogP contribution in [0.1, 0.15) is 6.92 Å². The standard InChI is InChI=1S/C9H22N2OS/c1-8(7-13-4)11(2)6-9(5-10)12-3/h8-9H,5-7,10H2,1-4H3. The normalized spacial score (nSPS) is 16.2. The Labute approximate surface area is 86.0 Å². The first-order valence-electron chi connectivity index (χ1n) is 4.57. The third-order valence-corrected chi connectivity index (χ3v) is 3.06. The highest BCUT2D eigenvalue weighted by molar-refractivity contribution is 7.98. The molecule has 0 aliphatic rings. The molecule has 0 aliphatic carbocycles. The van der Waals surface area contributed by atoms with Crippen molar-refractivity contribution in [1.82, 2.24) is 4.90 Å². The van der Waals surface area contributed by atoms with E-state index in [1.165, 1.54) is 0 Å². The minimum Gasteiger partial charge on any atom is -0.379 e. The van der Waals surface area contributed by atoms with Gasteiger partial charge in [0, 0.05) is 32.0 Å². The molecule has 2 unspecified atom stereocenters. The zero-order chi connectivity index (χ0) is 10.3. The molecular formula is C9H22N2OS. The van der Waals surface area contributed by atoms with Crippen LogP contribution >= 0.6 is 11.8 Å². The summed E-state index contributed by atoms with van der Waals surface area (Å²) in [6.07, 6.45) is 2.29. The van der Waals surface area contributed by atoms with Crippen LogP contribution in [-0.2, 0) is 4.74 Å². The van der Waals surface area contributed by atoms with Crippen molar-refractivity contribution >= 4 is 11.8 Å². The molecule has 2 N–H and O–H groups in total. The van der Waals surface area contributed by atoms with Gasteiger partial charge in [0.2, 0.25) is 0 Å². The number of ether oxygens (including phenoxy) is 1. The minimum atomic E-state index is 0.161. The lowest BCUT2D eigenvalue weighted by atomic mass is 10.3. The van der Waals surface area contributed by atoms with E-state index in [9.17, 15) is 0 Å². The van der Waals surface area contributed by atoms with Crippen LogP contribution in [0, 0.1) is 0 Å². The molecule has 0 heterocycles. The SMILES string of the molecule is COC(CN)CN(C)C(C)CSC. The summed E-state index contributed by atoms with van der Waals surface area (Å²) >= 11 is 1.87. The van der Waals surface area contributed by atoms with Crippen molar-refractivity contribution in [3.63, 3.8) is 0 Å². The van der Waals surface area contributed by atoms with Crippen molar-refractivity contribution in [3.8, 4) is 0 Å². The number of nitrogens with two attached hydrogens (primary N) is 1. The van der Waals surface area contributed by atoms with Crippen LogP contribution < -0.4 is 5.73 Å². The van der Waals surface area contributed by atoms with Gasteiger partial charge in [-0.05, 0) is 20.2 Å². The highest BCUT2D eigenvalue weighted by atomic mass is 32.2. The Morgan fingerprint density at radius 2 is 2.15 bits per heavy atom. The lowest BCUT2D eigenvalue weighted by Gasteiger charge is -2.27. The largest absolute Gasteiger partial charge is 0.379 e. The second kappa shape index (κ2) is 7.62. The highest BCUT2D eigenvalue weighted by Crippen LogP contribution is 2.04. The molecule has 0 bridgehead atoms. The fourth-order valence-electron chi connectivity index (χ4n) is 1.11. The molecule has 0 aliphatic heterocycles. The second-order valence-electron chi connectivity index (χ2n) is 3.34. The fourth-order valence-corrected chi connectivity index (χ4v) is 1.85. The summed E-state index contributed by atoms with van der Waals surface area (Å²) in [4.78, 5) is 2.29. The predicted octanol–water partition coefficient (Wildman–Crippen LogP) is 0.643. The van der Waals surface area contributed by atoms with Gasteiger partial charge in [-0.2, -0.15) is 11.8 Å². The molecule has 0 aromatic rings. The number of likely N-dealkylation sites (N-methyl/N-ethyl adjacent to an activating group) is 1. The first-order chi connectivity index (χ1) is 6.15. The molecule has 80 valence electrons. The van der Waals surface area contributed by atoms with Gasteiger partial charge in [0.1, 0.15) is 0 Å². The van der Waals surface area contributed by atoms with Gasteiger partial charge in [0.05, 0.1) is 6.10 Å². The second-order valence-corrected chi connectivity index (χ2v) is 4.25. The maximum absolute atomic E-state index is 5.55. The van der Waals surface area contributed by atoms with Gasteiger partial charge in [-0.3, -0.25) is 0 Å². The molecule has 3 nitrogen and oxygen atoms in total. The summed E-state index contributed by atoms with van der Waals surface area (Å²) in [5, 5.41) is 0. The molecule has 0 radical (unpaired) electrons. The van der Waals surface area contributed by atoms with E-state index in [0.717, 1.165) is 12.3 Å². The predicted molar refractivity (Wildman–Crippen MR) is 60.3 cm³/mol. The van der Waals surface area contributed by atoms with Crippen molar-refractivity contribution in [2.24, 2.45) is 5.73 Å². The van der Waals surface area contributed by atoms with E-state index in [4.69, 9.17) is 10.5 Å². The first-order valence-corrected chi connectivity index (χ1v) is 5.97. The van der Waals surface area contributed by atoms with Gasteiger partial charge in [0.25, 0.3) is 0 Å². The number of nitrogens with zero attached hydrogens (tertiary/aromatic N) is 1. The van der Waals surface area contributed by atoms with E-state index in [1.54, 1.807) is 7.11 Å². The summed E-state index contributed by atoms with van der Waals surface area (Å²) in [5.74, 6) is 1.15. The Hall–Kier alpha value is 0.230. The van der Waals surface area contributed by atoms with Crippen LogP contribution in [-0.4, -0.2) is 56.3 Å². The number of thioether (sulfide) groups is 1. The van der Waals surface area contributed by atoms with Gasteiger partial charge < -0.3 is 15.4 Å². The van der Waals surface area contributed by atoms with Crippen LogP contribution in [0.2, 0.25) is 0 Å². The molecule has 0 fully saturated rings. The monoisotopic (exact) mass is 206 g/mol. The molecule has 0 saturated heterocycles. The van der Waals surface area contributed by atoms with E-state index in [1.807, 2.05) is 11.8 Å². The van der Waals surface area contributed by atoms with Crippen molar-refractivity contribution in [2.75, 3.05) is 39.3 Å². The first kappa shape index (κ1) is 13.2. The molecule has 0 aromatic heterocycles. The summed E-state index contributed by atoms with van der Waals surface area (Å²) in [6.45, 7) is 3.72. The van der Waals surface area contributed by atoms with Crippen LogP contribution in [0.4, 0.5) is 0 Å². The summed E-state index contributed by atoms with van der Waals surface area (Å²) in [5.41, 5.74) is 5.55. The maximum Gasteiger partial charge on any atom is 0.0820 e. The van der Waals surface area contributed by atoms with Crippen LogP contribution in [0.15, 0.2) is 0 Å². The van der Waals surface area contributed by atoms with Gasteiger partial charge >= 0.3 is 0 Å². The molecule has 2 atom stereocenters. The Morgan fingerprint density at radius 1 is 1.54 bits per heavy atom. The molecule has 0 spiro atoms. The molecule has 0 rings (SSSR count). The molecule has 0 aromatic carbocycles. The van der Waals surface area contributed by atoms with E-state index >= 15 is 0 Å². The average Bonchev–Trinajstić information content (AvgIpc) is 2.14. The van der Waals surface area contributed by atoms with Gasteiger partial charge in [0.15, 0.2) is 0 Å². The minimum absolute atomic E-state index is 0.161. The van der Waals surface area contributed by atoms with Gasteiger partial charge in [-0.1, -0.05) is 0 Å². The molecule has 0 saturated carbocycles. The lowest BCUT2D eigenvalue weighted by Crippen LogP contribution is -2.40. The van der Waals surface area contributed by atoms with Gasteiger partial charge in [-0.15, -0.1) is 0 Å². The van der Waals surface area contributed by atoms with E-state index in [2.05, 4.69) is 25.1 Å². The lowest BCUT2D eigenvalue weighted by molar-refractivity contribution is 0.0701. The number of hydrogen-bond donors (Lipinski definition) is 1. The molecule has 13 heavy (non-hydrogen) atoms. The zero-order valence-corrected chi connectivity index (χ0v) is 9.93. The average molecular weight is 206 g/mol. The van der Waals surface area contributed by atoms with Crippen LogP contribution in [0.3, 0.4) is 0 Å². The Morgan fingerprint density at radius 3 is 2.54 bits per heavy atom. The molecule has 0 amide bonds. The summed E-state index contributed by atoms with van der Waals surface area (Å²) in [6, 6.07) is 0.583. The molecule has 4 heteroatoms. The quantitative estimate of drug-likeness (QED) is 0.663. The van der Waals surface area contributed by atoms with Gasteiger partial charge in [-0.25, -0.2) is 0 Å². The highest BCUT2D eigenvalue weighted by Gasteiger charge is 2.13. The summed E-state index contributed by atoms with van der Waals surface area (Å²) in [7, 11) is 3.83.